The summed E-state index contributed by atoms with van der Waals surface area (Å²) in [6.45, 7) is 5.68. The Morgan fingerprint density at radius 1 is 0.941 bits per heavy atom. The van der Waals surface area contributed by atoms with Gasteiger partial charge in [-0.25, -0.2) is 4.99 Å². The number of amides is 1. The molecule has 0 atom stereocenters. The molecule has 5 heteroatoms. The summed E-state index contributed by atoms with van der Waals surface area (Å²) in [5, 5.41) is 8.85. The van der Waals surface area contributed by atoms with E-state index in [0.717, 1.165) is 37.2 Å². The molecule has 0 unspecified atom stereocenters. The Balaban J connectivity index is 1.22. The first-order chi connectivity index (χ1) is 16.7. The summed E-state index contributed by atoms with van der Waals surface area (Å²) in [6.07, 6.45) is 18.2. The van der Waals surface area contributed by atoms with Crippen molar-refractivity contribution in [3.8, 4) is 0 Å². The van der Waals surface area contributed by atoms with Gasteiger partial charge in [0, 0.05) is 26.1 Å². The smallest absolute Gasteiger partial charge is 0.268 e. The maximum absolute atomic E-state index is 13.4. The Bertz CT molecular complexity index is 855. The molecule has 4 rings (SSSR count). The number of fused-ring (bicyclic) bond motifs is 1. The van der Waals surface area contributed by atoms with Crippen LogP contribution in [0.5, 0.6) is 0 Å². The van der Waals surface area contributed by atoms with Crippen LogP contribution in [0, 0.1) is 5.41 Å². The molecule has 0 aliphatic carbocycles. The zero-order chi connectivity index (χ0) is 23.6. The Labute approximate surface area is 205 Å². The molecular weight excluding hydrogens is 422 g/mol. The molecule has 0 aromatic heterocycles. The van der Waals surface area contributed by atoms with Crippen LogP contribution in [0.4, 0.5) is 5.69 Å². The van der Waals surface area contributed by atoms with Crippen LogP contribution in [0.1, 0.15) is 82.6 Å². The van der Waals surface area contributed by atoms with Gasteiger partial charge in [-0.2, -0.15) is 0 Å². The maximum atomic E-state index is 13.4. The Kier molecular flexibility index (Phi) is 9.34. The number of nitrogens with zero attached hydrogens (tertiary/aromatic N) is 3. The Hall–Kier alpha value is -1.98. The van der Waals surface area contributed by atoms with Crippen molar-refractivity contribution in [1.82, 2.24) is 9.80 Å². The van der Waals surface area contributed by atoms with Gasteiger partial charge < -0.3 is 14.9 Å². The van der Waals surface area contributed by atoms with E-state index in [1.54, 1.807) is 0 Å². The third-order valence-electron chi connectivity index (χ3n) is 8.05. The van der Waals surface area contributed by atoms with Crippen LogP contribution in [0.2, 0.25) is 0 Å². The number of aliphatic imine (C=N–C) groups is 1. The van der Waals surface area contributed by atoms with Gasteiger partial charge in [0.2, 0.25) is 0 Å². The lowest BCUT2D eigenvalue weighted by Gasteiger charge is -2.47. The van der Waals surface area contributed by atoms with Crippen LogP contribution in [0.15, 0.2) is 35.3 Å². The minimum absolute atomic E-state index is 0.141. The third-order valence-corrected chi connectivity index (χ3v) is 8.05. The van der Waals surface area contributed by atoms with E-state index in [0.29, 0.717) is 24.2 Å². The highest BCUT2D eigenvalue weighted by atomic mass is 16.2. The molecular formula is C29H43N3O2. The molecule has 34 heavy (non-hydrogen) atoms. The number of carbonyl (C=O) groups excluding carboxylic acids is 1. The minimum atomic E-state index is 0.141. The quantitative estimate of drug-likeness (QED) is 0.457. The number of allylic oxidation sites excluding steroid dienone is 1. The first kappa shape index (κ1) is 25.1. The van der Waals surface area contributed by atoms with Crippen molar-refractivity contribution in [1.29, 1.82) is 0 Å². The number of aliphatic hydroxyl groups excluding tert-OH is 1. The van der Waals surface area contributed by atoms with E-state index >= 15 is 0 Å². The van der Waals surface area contributed by atoms with Crippen molar-refractivity contribution in [2.75, 3.05) is 39.3 Å². The average Bonchev–Trinajstić information content (AvgIpc) is 3.09. The third kappa shape index (κ3) is 6.79. The minimum Gasteiger partial charge on any atom is -0.396 e. The second-order valence-electron chi connectivity index (χ2n) is 10.6. The fourth-order valence-electron chi connectivity index (χ4n) is 5.91. The number of rotatable bonds is 10. The molecule has 1 amide bonds. The van der Waals surface area contributed by atoms with E-state index in [1.165, 1.54) is 77.4 Å². The summed E-state index contributed by atoms with van der Waals surface area (Å²) in [5.41, 5.74) is 2.99. The van der Waals surface area contributed by atoms with Crippen molar-refractivity contribution in [3.63, 3.8) is 0 Å². The first-order valence-electron chi connectivity index (χ1n) is 13.6. The molecule has 3 heterocycles. The predicted molar refractivity (Wildman–Crippen MR) is 141 cm³/mol. The van der Waals surface area contributed by atoms with Crippen molar-refractivity contribution >= 4 is 23.4 Å². The number of hydrogen-bond donors (Lipinski definition) is 1. The van der Waals surface area contributed by atoms with Gasteiger partial charge in [0.25, 0.3) is 5.91 Å². The van der Waals surface area contributed by atoms with Gasteiger partial charge in [-0.3, -0.25) is 4.79 Å². The SMILES string of the molecule is O=C(C1=Nc2ccccc2C=CC1)N1CCCC2(CCN(CCCCCCCCCO)CC2)C1. The van der Waals surface area contributed by atoms with Crippen molar-refractivity contribution in [3.05, 3.63) is 35.9 Å². The highest BCUT2D eigenvalue weighted by Crippen LogP contribution is 2.40. The molecule has 5 nitrogen and oxygen atoms in total. The monoisotopic (exact) mass is 465 g/mol. The number of benzene rings is 1. The average molecular weight is 466 g/mol. The molecule has 1 aromatic rings. The van der Waals surface area contributed by atoms with Gasteiger partial charge in [0.15, 0.2) is 0 Å². The maximum Gasteiger partial charge on any atom is 0.268 e. The van der Waals surface area contributed by atoms with Crippen LogP contribution in [0.3, 0.4) is 0 Å². The predicted octanol–water partition coefficient (Wildman–Crippen LogP) is 5.60. The van der Waals surface area contributed by atoms with E-state index in [4.69, 9.17) is 10.1 Å². The molecule has 3 aliphatic heterocycles. The van der Waals surface area contributed by atoms with E-state index in [2.05, 4.69) is 28.0 Å². The topological polar surface area (TPSA) is 56.1 Å². The van der Waals surface area contributed by atoms with Crippen LogP contribution in [-0.4, -0.2) is 65.9 Å². The standard InChI is InChI=1S/C29H43N3O2/c33-23-9-5-3-1-2-4-8-19-31-21-17-29(18-22-31)16-11-20-32(24-29)28(34)27-15-10-13-25-12-6-7-14-26(25)30-27/h6-7,10,12-14,33H,1-5,8-9,11,15-24H2. The molecule has 0 bridgehead atoms. The van der Waals surface area contributed by atoms with Gasteiger partial charge in [0.05, 0.1) is 5.69 Å². The van der Waals surface area contributed by atoms with Crippen molar-refractivity contribution in [2.24, 2.45) is 10.4 Å². The molecule has 186 valence electrons. The number of unbranched alkanes of at least 4 members (excludes halogenated alkanes) is 6. The van der Waals surface area contributed by atoms with E-state index in [1.807, 2.05) is 18.2 Å². The number of piperidine rings is 2. The summed E-state index contributed by atoms with van der Waals surface area (Å²) < 4.78 is 0. The van der Waals surface area contributed by atoms with Crippen molar-refractivity contribution in [2.45, 2.75) is 77.0 Å². The fourth-order valence-corrected chi connectivity index (χ4v) is 5.91. The van der Waals surface area contributed by atoms with E-state index in [9.17, 15) is 4.79 Å². The zero-order valence-corrected chi connectivity index (χ0v) is 20.9. The molecule has 2 fully saturated rings. The Morgan fingerprint density at radius 2 is 1.68 bits per heavy atom. The lowest BCUT2D eigenvalue weighted by atomic mass is 9.72. The normalized spacial score (nSPS) is 20.1. The number of likely N-dealkylation sites (tertiary alicyclic amines) is 2. The second kappa shape index (κ2) is 12.6. The van der Waals surface area contributed by atoms with Gasteiger partial charge in [-0.15, -0.1) is 0 Å². The van der Waals surface area contributed by atoms with Gasteiger partial charge >= 0.3 is 0 Å². The molecule has 1 N–H and O–H groups in total. The number of para-hydroxylation sites is 1. The summed E-state index contributed by atoms with van der Waals surface area (Å²) in [4.78, 5) is 23.0. The largest absolute Gasteiger partial charge is 0.396 e. The number of aliphatic hydroxyl groups is 1. The summed E-state index contributed by atoms with van der Waals surface area (Å²) in [5.74, 6) is 0.141. The van der Waals surface area contributed by atoms with Gasteiger partial charge in [0.1, 0.15) is 5.71 Å². The van der Waals surface area contributed by atoms with Crippen molar-refractivity contribution < 1.29 is 9.90 Å². The molecule has 2 saturated heterocycles. The summed E-state index contributed by atoms with van der Waals surface area (Å²) in [7, 11) is 0. The fraction of sp³-hybridized carbons (Fsp3) is 0.655. The highest BCUT2D eigenvalue weighted by molar-refractivity contribution is 6.40. The lowest BCUT2D eigenvalue weighted by Crippen LogP contribution is -2.52. The van der Waals surface area contributed by atoms with Gasteiger partial charge in [-0.05, 0) is 75.2 Å². The molecule has 3 aliphatic rings. The lowest BCUT2D eigenvalue weighted by molar-refractivity contribution is -0.128. The van der Waals surface area contributed by atoms with Gasteiger partial charge in [-0.1, -0.05) is 62.5 Å². The molecule has 0 saturated carbocycles. The highest BCUT2D eigenvalue weighted by Gasteiger charge is 2.40. The number of carbonyl (C=O) groups is 1. The van der Waals surface area contributed by atoms with Crippen LogP contribution in [0.25, 0.3) is 6.08 Å². The van der Waals surface area contributed by atoms with Crippen LogP contribution in [-0.2, 0) is 4.79 Å². The van der Waals surface area contributed by atoms with E-state index in [-0.39, 0.29) is 5.91 Å². The molecule has 0 radical (unpaired) electrons. The van der Waals surface area contributed by atoms with Crippen LogP contribution < -0.4 is 0 Å². The molecule has 1 spiro atoms. The Morgan fingerprint density at radius 3 is 2.47 bits per heavy atom. The summed E-state index contributed by atoms with van der Waals surface area (Å²) >= 11 is 0. The zero-order valence-electron chi connectivity index (χ0n) is 20.9. The summed E-state index contributed by atoms with van der Waals surface area (Å²) in [6, 6.07) is 8.08. The van der Waals surface area contributed by atoms with E-state index < -0.39 is 0 Å². The number of hydrogen-bond acceptors (Lipinski definition) is 4. The second-order valence-corrected chi connectivity index (χ2v) is 10.6. The first-order valence-corrected chi connectivity index (χ1v) is 13.6. The van der Waals surface area contributed by atoms with Crippen LogP contribution >= 0.6 is 0 Å². The molecule has 1 aromatic carbocycles.